The Morgan fingerprint density at radius 2 is 1.79 bits per heavy atom. The van der Waals surface area contributed by atoms with Gasteiger partial charge in [0.1, 0.15) is 11.5 Å². The van der Waals surface area contributed by atoms with Gasteiger partial charge >= 0.3 is 0 Å². The molecule has 0 radical (unpaired) electrons. The number of carbonyl (C=O) groups excluding carboxylic acids is 1. The number of amides is 1. The average molecular weight is 510 g/mol. The van der Waals surface area contributed by atoms with E-state index in [1.165, 1.54) is 41.1 Å². The Hall–Kier alpha value is -3.57. The number of halogens is 4. The number of H-pyrrole nitrogens is 1. The van der Waals surface area contributed by atoms with Crippen LogP contribution in [0, 0.1) is 17.5 Å². The van der Waals surface area contributed by atoms with Gasteiger partial charge in [0, 0.05) is 44.9 Å². The smallest absolute Gasteiger partial charge is 0.282 e. The summed E-state index contributed by atoms with van der Waals surface area (Å²) in [4.78, 5) is 28.2. The van der Waals surface area contributed by atoms with Crippen molar-refractivity contribution >= 4 is 38.4 Å². The summed E-state index contributed by atoms with van der Waals surface area (Å²) < 4.78 is 68.5. The summed E-state index contributed by atoms with van der Waals surface area (Å²) in [5, 5.41) is 0.526. The molecule has 0 saturated carbocycles. The van der Waals surface area contributed by atoms with Gasteiger partial charge in [0.2, 0.25) is 10.0 Å². The van der Waals surface area contributed by atoms with Gasteiger partial charge in [0.05, 0.1) is 12.8 Å². The van der Waals surface area contributed by atoms with E-state index < -0.39 is 45.5 Å². The van der Waals surface area contributed by atoms with Crippen LogP contribution in [-0.2, 0) is 16.6 Å². The second-order valence-electron chi connectivity index (χ2n) is 7.45. The molecule has 7 nitrogen and oxygen atoms in total. The Bertz CT molecular complexity index is 1630. The lowest BCUT2D eigenvalue weighted by Gasteiger charge is -2.13. The van der Waals surface area contributed by atoms with Crippen molar-refractivity contribution in [2.45, 2.75) is 6.54 Å². The molecule has 0 fully saturated rings. The SMILES string of the molecule is CS(=O)(=O)NC(=O)c1c(-c2ccc[nH]c2=O)c2cc(Cl)ccc2n1Cc1cc(F)c(F)cc1F. The second-order valence-corrected chi connectivity index (χ2v) is 9.63. The molecule has 0 aliphatic rings. The van der Waals surface area contributed by atoms with Gasteiger partial charge < -0.3 is 9.55 Å². The Morgan fingerprint density at radius 1 is 1.09 bits per heavy atom. The molecule has 2 aromatic heterocycles. The van der Waals surface area contributed by atoms with E-state index in [0.29, 0.717) is 12.1 Å². The summed E-state index contributed by atoms with van der Waals surface area (Å²) >= 11 is 6.15. The summed E-state index contributed by atoms with van der Waals surface area (Å²) in [6.07, 6.45) is 2.13. The number of aromatic nitrogens is 2. The van der Waals surface area contributed by atoms with E-state index in [2.05, 4.69) is 4.98 Å². The average Bonchev–Trinajstić information content (AvgIpc) is 3.04. The number of aromatic amines is 1. The van der Waals surface area contributed by atoms with Crippen LogP contribution in [0.3, 0.4) is 0 Å². The van der Waals surface area contributed by atoms with Crippen molar-refractivity contribution in [1.82, 2.24) is 14.3 Å². The van der Waals surface area contributed by atoms with Crippen molar-refractivity contribution in [1.29, 1.82) is 0 Å². The van der Waals surface area contributed by atoms with Gasteiger partial charge in [-0.2, -0.15) is 0 Å². The van der Waals surface area contributed by atoms with E-state index in [1.54, 1.807) is 0 Å². The number of rotatable bonds is 5. The Morgan fingerprint density at radius 3 is 2.47 bits per heavy atom. The van der Waals surface area contributed by atoms with Crippen LogP contribution in [0.25, 0.3) is 22.0 Å². The summed E-state index contributed by atoms with van der Waals surface area (Å²) in [5.74, 6) is -4.89. The lowest BCUT2D eigenvalue weighted by molar-refractivity contribution is 0.0974. The van der Waals surface area contributed by atoms with Crippen molar-refractivity contribution in [3.63, 3.8) is 0 Å². The lowest BCUT2D eigenvalue weighted by atomic mass is 10.0. The van der Waals surface area contributed by atoms with E-state index in [0.717, 1.165) is 6.26 Å². The first-order valence-electron chi connectivity index (χ1n) is 9.61. The van der Waals surface area contributed by atoms with Gasteiger partial charge in [0.25, 0.3) is 11.5 Å². The Labute approximate surface area is 195 Å². The molecular formula is C22H15ClF3N3O4S. The van der Waals surface area contributed by atoms with Crippen LogP contribution in [-0.4, -0.2) is 30.1 Å². The quantitative estimate of drug-likeness (QED) is 0.399. The number of hydrogen-bond acceptors (Lipinski definition) is 4. The first kappa shape index (κ1) is 23.6. The highest BCUT2D eigenvalue weighted by molar-refractivity contribution is 7.89. The third-order valence-electron chi connectivity index (χ3n) is 5.02. The van der Waals surface area contributed by atoms with Crippen LogP contribution in [0.4, 0.5) is 13.2 Å². The molecule has 2 aromatic carbocycles. The van der Waals surface area contributed by atoms with Gasteiger partial charge in [-0.25, -0.2) is 26.3 Å². The first-order chi connectivity index (χ1) is 16.0. The minimum atomic E-state index is -4.04. The van der Waals surface area contributed by atoms with Crippen molar-refractivity contribution in [2.24, 2.45) is 0 Å². The van der Waals surface area contributed by atoms with Gasteiger partial charge in [-0.1, -0.05) is 11.6 Å². The van der Waals surface area contributed by atoms with Crippen molar-refractivity contribution in [2.75, 3.05) is 6.26 Å². The molecule has 0 unspecified atom stereocenters. The van der Waals surface area contributed by atoms with Crippen LogP contribution in [0.5, 0.6) is 0 Å². The molecule has 1 amide bonds. The number of nitrogens with one attached hydrogen (secondary N) is 2. The second kappa shape index (κ2) is 8.65. The number of nitrogens with zero attached hydrogens (tertiary/aromatic N) is 1. The van der Waals surface area contributed by atoms with Gasteiger partial charge in [-0.3, -0.25) is 9.59 Å². The fourth-order valence-corrected chi connectivity index (χ4v) is 4.30. The van der Waals surface area contributed by atoms with E-state index in [-0.39, 0.29) is 38.3 Å². The van der Waals surface area contributed by atoms with E-state index in [1.807, 2.05) is 4.72 Å². The van der Waals surface area contributed by atoms with Crippen molar-refractivity contribution < 1.29 is 26.4 Å². The number of benzene rings is 2. The molecule has 4 rings (SSSR count). The molecule has 0 aliphatic heterocycles. The van der Waals surface area contributed by atoms with Crippen molar-refractivity contribution in [3.8, 4) is 11.1 Å². The summed E-state index contributed by atoms with van der Waals surface area (Å²) in [7, 11) is -4.04. The normalized spacial score (nSPS) is 11.7. The number of pyridine rings is 1. The monoisotopic (exact) mass is 509 g/mol. The molecule has 2 heterocycles. The van der Waals surface area contributed by atoms with Gasteiger partial charge in [-0.15, -0.1) is 0 Å². The zero-order valence-electron chi connectivity index (χ0n) is 17.3. The minimum absolute atomic E-state index is 0.0120. The van der Waals surface area contributed by atoms with E-state index in [4.69, 9.17) is 11.6 Å². The molecule has 0 aliphatic carbocycles. The van der Waals surface area contributed by atoms with Crippen LogP contribution in [0.15, 0.2) is 53.5 Å². The summed E-state index contributed by atoms with van der Waals surface area (Å²) in [6.45, 7) is -0.488. The zero-order valence-corrected chi connectivity index (χ0v) is 18.9. The standard InChI is InChI=1S/C22H15ClF3N3O4S/c1-34(32,33)28-22(31)20-19(13-3-2-6-27-21(13)30)14-8-12(23)4-5-18(14)29(20)10-11-7-16(25)17(26)9-15(11)24/h2-9H,10H2,1H3,(H,27,30)(H,28,31). The van der Waals surface area contributed by atoms with E-state index in [9.17, 15) is 31.2 Å². The maximum absolute atomic E-state index is 14.5. The molecule has 0 spiro atoms. The fourth-order valence-electron chi connectivity index (χ4n) is 3.69. The topological polar surface area (TPSA) is 101 Å². The molecule has 12 heteroatoms. The predicted molar refractivity (Wildman–Crippen MR) is 121 cm³/mol. The third-order valence-corrected chi connectivity index (χ3v) is 5.82. The summed E-state index contributed by atoms with van der Waals surface area (Å²) in [5.41, 5.74) is -0.906. The molecule has 0 bridgehead atoms. The van der Waals surface area contributed by atoms with Crippen LogP contribution < -0.4 is 10.3 Å². The molecule has 2 N–H and O–H groups in total. The highest BCUT2D eigenvalue weighted by Crippen LogP contribution is 2.36. The van der Waals surface area contributed by atoms with Gasteiger partial charge in [0.15, 0.2) is 11.6 Å². The molecule has 34 heavy (non-hydrogen) atoms. The molecule has 0 atom stereocenters. The summed E-state index contributed by atoms with van der Waals surface area (Å²) in [6, 6.07) is 8.32. The molecule has 176 valence electrons. The van der Waals surface area contributed by atoms with Crippen molar-refractivity contribution in [3.05, 3.63) is 92.7 Å². The number of sulfonamides is 1. The zero-order chi connectivity index (χ0) is 24.8. The lowest BCUT2D eigenvalue weighted by Crippen LogP contribution is -2.32. The molecular weight excluding hydrogens is 495 g/mol. The van der Waals surface area contributed by atoms with Crippen LogP contribution >= 0.6 is 11.6 Å². The molecule has 0 saturated heterocycles. The van der Waals surface area contributed by atoms with Crippen LogP contribution in [0.2, 0.25) is 5.02 Å². The number of fused-ring (bicyclic) bond motifs is 1. The molecule has 4 aromatic rings. The maximum atomic E-state index is 14.5. The maximum Gasteiger partial charge on any atom is 0.282 e. The van der Waals surface area contributed by atoms with Crippen LogP contribution in [0.1, 0.15) is 16.1 Å². The van der Waals surface area contributed by atoms with Gasteiger partial charge in [-0.05, 0) is 36.4 Å². The number of carbonyl (C=O) groups is 1. The third kappa shape index (κ3) is 4.44. The Balaban J connectivity index is 2.10. The highest BCUT2D eigenvalue weighted by Gasteiger charge is 2.28. The highest BCUT2D eigenvalue weighted by atomic mass is 35.5. The fraction of sp³-hybridized carbons (Fsp3) is 0.0909. The predicted octanol–water partition coefficient (Wildman–Crippen LogP) is 3.81. The van der Waals surface area contributed by atoms with E-state index >= 15 is 0 Å². The minimum Gasteiger partial charge on any atom is -0.331 e. The number of hydrogen-bond donors (Lipinski definition) is 2. The largest absolute Gasteiger partial charge is 0.331 e. The first-order valence-corrected chi connectivity index (χ1v) is 11.9. The Kier molecular flexibility index (Phi) is 6.00.